The zero-order valence-electron chi connectivity index (χ0n) is 13.7. The summed E-state index contributed by atoms with van der Waals surface area (Å²) in [7, 11) is 0. The molecule has 0 spiro atoms. The number of aliphatic hydroxyl groups excluding tert-OH is 1. The molecule has 4 rings (SSSR count). The Morgan fingerprint density at radius 1 is 1.48 bits per heavy atom. The standard InChI is InChI=1S/C15H18FN7O2/c1-15(2)12(16)10(5-24)25-13(15)9-3-7(8-4-19-22-21-8)11-14(17)18-6-20-23(9)11/h3-4,6,10,12-13,24H,5H2,1-2H3,(H2,17,18,20)(H,19,21,22)/t10-,12-,13+/m1/s1. The molecule has 0 aliphatic carbocycles. The fourth-order valence-electron chi connectivity index (χ4n) is 3.43. The Morgan fingerprint density at radius 3 is 2.92 bits per heavy atom. The molecular formula is C15H18FN7O2. The number of aromatic nitrogens is 6. The number of fused-ring (bicyclic) bond motifs is 1. The molecule has 1 aliphatic rings. The Balaban J connectivity index is 1.93. The minimum absolute atomic E-state index is 0.269. The number of anilines is 1. The first-order valence-electron chi connectivity index (χ1n) is 7.83. The van der Waals surface area contributed by atoms with E-state index in [0.717, 1.165) is 0 Å². The summed E-state index contributed by atoms with van der Waals surface area (Å²) in [6, 6.07) is 1.80. The Kier molecular flexibility index (Phi) is 3.48. The highest BCUT2D eigenvalue weighted by molar-refractivity contribution is 5.86. The van der Waals surface area contributed by atoms with Crippen molar-refractivity contribution in [3.8, 4) is 11.3 Å². The van der Waals surface area contributed by atoms with Gasteiger partial charge in [0, 0.05) is 11.0 Å². The van der Waals surface area contributed by atoms with E-state index in [1.165, 1.54) is 6.33 Å². The molecular weight excluding hydrogens is 329 g/mol. The molecule has 0 unspecified atom stereocenters. The summed E-state index contributed by atoms with van der Waals surface area (Å²) >= 11 is 0. The second-order valence-corrected chi connectivity index (χ2v) is 6.70. The number of nitrogens with two attached hydrogens (primary N) is 1. The number of ether oxygens (including phenoxy) is 1. The second-order valence-electron chi connectivity index (χ2n) is 6.70. The van der Waals surface area contributed by atoms with Crippen molar-refractivity contribution in [1.29, 1.82) is 0 Å². The first-order chi connectivity index (χ1) is 11.9. The van der Waals surface area contributed by atoms with Gasteiger partial charge in [0.25, 0.3) is 0 Å². The summed E-state index contributed by atoms with van der Waals surface area (Å²) in [4.78, 5) is 4.03. The number of nitrogen functional groups attached to an aromatic ring is 1. The fourth-order valence-corrected chi connectivity index (χ4v) is 3.43. The number of aliphatic hydroxyl groups is 1. The number of hydrogen-bond donors (Lipinski definition) is 3. The fraction of sp³-hybridized carbons (Fsp3) is 0.467. The van der Waals surface area contributed by atoms with E-state index in [4.69, 9.17) is 10.5 Å². The third-order valence-electron chi connectivity index (χ3n) is 4.77. The molecule has 0 amide bonds. The number of halogens is 1. The predicted molar refractivity (Wildman–Crippen MR) is 86.2 cm³/mol. The summed E-state index contributed by atoms with van der Waals surface area (Å²) < 4.78 is 22.1. The number of H-pyrrole nitrogens is 1. The van der Waals surface area contributed by atoms with Gasteiger partial charge in [0.2, 0.25) is 0 Å². The van der Waals surface area contributed by atoms with Gasteiger partial charge in [-0.2, -0.15) is 20.5 Å². The molecule has 10 heteroatoms. The molecule has 1 fully saturated rings. The molecule has 9 nitrogen and oxygen atoms in total. The van der Waals surface area contributed by atoms with E-state index >= 15 is 0 Å². The van der Waals surface area contributed by atoms with E-state index in [1.807, 2.05) is 0 Å². The number of aromatic amines is 1. The van der Waals surface area contributed by atoms with Gasteiger partial charge in [-0.25, -0.2) is 13.9 Å². The van der Waals surface area contributed by atoms with E-state index in [2.05, 4.69) is 25.5 Å². The lowest BCUT2D eigenvalue weighted by molar-refractivity contribution is -0.0142. The van der Waals surface area contributed by atoms with Crippen LogP contribution in [0.4, 0.5) is 10.2 Å². The van der Waals surface area contributed by atoms with E-state index in [-0.39, 0.29) is 5.82 Å². The van der Waals surface area contributed by atoms with E-state index in [0.29, 0.717) is 22.5 Å². The van der Waals surface area contributed by atoms with E-state index in [9.17, 15) is 9.50 Å². The normalized spacial score (nSPS) is 25.7. The van der Waals surface area contributed by atoms with Crippen LogP contribution in [0, 0.1) is 5.41 Å². The zero-order chi connectivity index (χ0) is 17.8. The van der Waals surface area contributed by atoms with Crippen LogP contribution in [0.1, 0.15) is 25.6 Å². The molecule has 25 heavy (non-hydrogen) atoms. The quantitative estimate of drug-likeness (QED) is 0.642. The van der Waals surface area contributed by atoms with Crippen LogP contribution in [0.3, 0.4) is 0 Å². The van der Waals surface area contributed by atoms with Crippen LogP contribution < -0.4 is 5.73 Å². The lowest BCUT2D eigenvalue weighted by atomic mass is 9.81. The largest absolute Gasteiger partial charge is 0.394 e. The maximum absolute atomic E-state index is 14.7. The molecule has 0 radical (unpaired) electrons. The smallest absolute Gasteiger partial charge is 0.152 e. The molecule has 0 bridgehead atoms. The van der Waals surface area contributed by atoms with Crippen molar-refractivity contribution in [1.82, 2.24) is 30.0 Å². The molecule has 0 aromatic carbocycles. The number of rotatable bonds is 3. The molecule has 132 valence electrons. The maximum atomic E-state index is 14.7. The monoisotopic (exact) mass is 347 g/mol. The van der Waals surface area contributed by atoms with Gasteiger partial charge in [-0.15, -0.1) is 0 Å². The molecule has 1 aliphatic heterocycles. The van der Waals surface area contributed by atoms with Gasteiger partial charge in [0.1, 0.15) is 35.9 Å². The second kappa shape index (κ2) is 5.46. The average Bonchev–Trinajstić information content (AvgIpc) is 3.27. The Hall–Kier alpha value is -2.59. The number of alkyl halides is 1. The van der Waals surface area contributed by atoms with E-state index < -0.39 is 30.4 Å². The summed E-state index contributed by atoms with van der Waals surface area (Å²) in [6.07, 6.45) is 0.0578. The van der Waals surface area contributed by atoms with E-state index in [1.54, 1.807) is 30.6 Å². The third kappa shape index (κ3) is 2.21. The molecule has 3 aromatic heterocycles. The van der Waals surface area contributed by atoms with Crippen LogP contribution in [0.15, 0.2) is 18.6 Å². The zero-order valence-corrected chi connectivity index (χ0v) is 13.7. The van der Waals surface area contributed by atoms with Crippen molar-refractivity contribution >= 4 is 11.3 Å². The highest BCUT2D eigenvalue weighted by Crippen LogP contribution is 2.50. The van der Waals surface area contributed by atoms with Crippen LogP contribution >= 0.6 is 0 Å². The topological polar surface area (TPSA) is 127 Å². The van der Waals surface area contributed by atoms with Crippen molar-refractivity contribution < 1.29 is 14.2 Å². The molecule has 3 aromatic rings. The molecule has 3 atom stereocenters. The lowest BCUT2D eigenvalue weighted by Gasteiger charge is -2.26. The Labute approximate surface area is 142 Å². The minimum atomic E-state index is -1.32. The average molecular weight is 347 g/mol. The van der Waals surface area contributed by atoms with Crippen LogP contribution in [0.5, 0.6) is 0 Å². The summed E-state index contributed by atoms with van der Waals surface area (Å²) in [5.74, 6) is 0.269. The summed E-state index contributed by atoms with van der Waals surface area (Å²) in [6.45, 7) is 3.13. The van der Waals surface area contributed by atoms with Crippen molar-refractivity contribution in [2.75, 3.05) is 12.3 Å². The lowest BCUT2D eigenvalue weighted by Crippen LogP contribution is -2.31. The number of hydrogen-bond acceptors (Lipinski definition) is 7. The maximum Gasteiger partial charge on any atom is 0.152 e. The summed E-state index contributed by atoms with van der Waals surface area (Å²) in [5, 5.41) is 24.1. The minimum Gasteiger partial charge on any atom is -0.394 e. The van der Waals surface area contributed by atoms with Crippen LogP contribution in [-0.4, -0.2) is 54.0 Å². The van der Waals surface area contributed by atoms with Crippen molar-refractivity contribution in [3.63, 3.8) is 0 Å². The third-order valence-corrected chi connectivity index (χ3v) is 4.77. The van der Waals surface area contributed by atoms with Gasteiger partial charge in [-0.05, 0) is 6.07 Å². The van der Waals surface area contributed by atoms with Crippen molar-refractivity contribution in [2.45, 2.75) is 32.2 Å². The predicted octanol–water partition coefficient (Wildman–Crippen LogP) is 0.893. The first kappa shape index (κ1) is 15.9. The van der Waals surface area contributed by atoms with Gasteiger partial charge < -0.3 is 15.6 Å². The molecule has 0 saturated carbocycles. The summed E-state index contributed by atoms with van der Waals surface area (Å²) in [5.41, 5.74) is 7.58. The van der Waals surface area contributed by atoms with Crippen LogP contribution in [0.25, 0.3) is 16.8 Å². The van der Waals surface area contributed by atoms with Gasteiger partial charge in [0.05, 0.1) is 18.5 Å². The van der Waals surface area contributed by atoms with Crippen LogP contribution in [-0.2, 0) is 4.74 Å². The number of nitrogens with one attached hydrogen (secondary N) is 1. The molecule has 1 saturated heterocycles. The highest BCUT2D eigenvalue weighted by Gasteiger charge is 2.52. The van der Waals surface area contributed by atoms with Gasteiger partial charge in [-0.1, -0.05) is 13.8 Å². The Morgan fingerprint density at radius 2 is 2.28 bits per heavy atom. The molecule has 4 N–H and O–H groups in total. The highest BCUT2D eigenvalue weighted by atomic mass is 19.1. The molecule has 4 heterocycles. The van der Waals surface area contributed by atoms with Gasteiger partial charge in [-0.3, -0.25) is 0 Å². The van der Waals surface area contributed by atoms with Gasteiger partial charge in [0.15, 0.2) is 5.82 Å². The van der Waals surface area contributed by atoms with Crippen molar-refractivity contribution in [3.05, 3.63) is 24.3 Å². The first-order valence-corrected chi connectivity index (χ1v) is 7.83. The van der Waals surface area contributed by atoms with Gasteiger partial charge >= 0.3 is 0 Å². The van der Waals surface area contributed by atoms with Crippen molar-refractivity contribution in [2.24, 2.45) is 5.41 Å². The SMILES string of the molecule is CC1(C)[C@H](F)[C@@H](CO)O[C@H]1c1cc(-c2cn[nH]n2)c2c(N)ncnn12. The Bertz CT molecular complexity index is 908. The number of nitrogens with zero attached hydrogens (tertiary/aromatic N) is 5. The van der Waals surface area contributed by atoms with Crippen LogP contribution in [0.2, 0.25) is 0 Å².